The molecule has 0 atom stereocenters. The number of aromatic hydroxyl groups is 1. The molecule has 0 amide bonds. The van der Waals surface area contributed by atoms with Crippen LogP contribution in [0, 0.1) is 0 Å². The van der Waals surface area contributed by atoms with Gasteiger partial charge in [-0.05, 0) is 23.3 Å². The molecule has 1 aromatic carbocycles. The average Bonchev–Trinajstić information content (AvgIpc) is 2.41. The smallest absolute Gasteiger partial charge is 0.393 e. The van der Waals surface area contributed by atoms with Crippen LogP contribution in [0.3, 0.4) is 0 Å². The van der Waals surface area contributed by atoms with Crippen LogP contribution in [0.5, 0.6) is 5.75 Å². The molecule has 0 bridgehead atoms. The van der Waals surface area contributed by atoms with Gasteiger partial charge in [-0.15, -0.1) is 0 Å². The van der Waals surface area contributed by atoms with Crippen LogP contribution < -0.4 is 5.32 Å². The maximum absolute atomic E-state index is 12.2. The SMILES string of the molecule is Oc1cccnc1CNCc1ccc(CC(F)(F)F)cc1. The zero-order chi connectivity index (χ0) is 15.3. The van der Waals surface area contributed by atoms with E-state index in [1.54, 1.807) is 30.5 Å². The molecule has 1 heterocycles. The molecule has 2 rings (SSSR count). The van der Waals surface area contributed by atoms with E-state index in [9.17, 15) is 18.3 Å². The van der Waals surface area contributed by atoms with Crippen molar-refractivity contribution in [2.24, 2.45) is 0 Å². The first-order chi connectivity index (χ1) is 9.94. The number of hydrogen-bond acceptors (Lipinski definition) is 3. The molecule has 0 radical (unpaired) electrons. The molecule has 0 unspecified atom stereocenters. The van der Waals surface area contributed by atoms with Gasteiger partial charge in [0.25, 0.3) is 0 Å². The van der Waals surface area contributed by atoms with Gasteiger partial charge >= 0.3 is 6.18 Å². The third-order valence-electron chi connectivity index (χ3n) is 2.92. The lowest BCUT2D eigenvalue weighted by molar-refractivity contribution is -0.127. The highest BCUT2D eigenvalue weighted by atomic mass is 19.4. The van der Waals surface area contributed by atoms with E-state index in [4.69, 9.17) is 0 Å². The largest absolute Gasteiger partial charge is 0.506 e. The van der Waals surface area contributed by atoms with Crippen LogP contribution in [0.2, 0.25) is 0 Å². The quantitative estimate of drug-likeness (QED) is 0.890. The van der Waals surface area contributed by atoms with E-state index in [-0.39, 0.29) is 11.3 Å². The lowest BCUT2D eigenvalue weighted by Crippen LogP contribution is -2.14. The van der Waals surface area contributed by atoms with Crippen molar-refractivity contribution in [3.05, 3.63) is 59.4 Å². The van der Waals surface area contributed by atoms with E-state index in [0.29, 0.717) is 18.8 Å². The van der Waals surface area contributed by atoms with Gasteiger partial charge in [-0.1, -0.05) is 24.3 Å². The molecule has 1 aromatic heterocycles. The molecule has 112 valence electrons. The van der Waals surface area contributed by atoms with Gasteiger partial charge < -0.3 is 10.4 Å². The fraction of sp³-hybridized carbons (Fsp3) is 0.267. The highest BCUT2D eigenvalue weighted by molar-refractivity contribution is 5.25. The van der Waals surface area contributed by atoms with Gasteiger partial charge in [0, 0.05) is 19.3 Å². The maximum Gasteiger partial charge on any atom is 0.393 e. The third kappa shape index (κ3) is 5.07. The van der Waals surface area contributed by atoms with Crippen molar-refractivity contribution in [2.45, 2.75) is 25.7 Å². The van der Waals surface area contributed by atoms with Crippen molar-refractivity contribution in [1.82, 2.24) is 10.3 Å². The number of nitrogens with zero attached hydrogens (tertiary/aromatic N) is 1. The van der Waals surface area contributed by atoms with E-state index in [1.807, 2.05) is 0 Å². The summed E-state index contributed by atoms with van der Waals surface area (Å²) in [5.41, 5.74) is 1.65. The molecule has 2 aromatic rings. The number of pyridine rings is 1. The molecule has 0 spiro atoms. The van der Waals surface area contributed by atoms with Gasteiger partial charge in [-0.3, -0.25) is 4.98 Å². The zero-order valence-corrected chi connectivity index (χ0v) is 11.2. The molecule has 0 aliphatic heterocycles. The number of alkyl halides is 3. The van der Waals surface area contributed by atoms with Gasteiger partial charge in [0.05, 0.1) is 12.1 Å². The Morgan fingerprint density at radius 3 is 2.29 bits per heavy atom. The number of hydrogen-bond donors (Lipinski definition) is 2. The summed E-state index contributed by atoms with van der Waals surface area (Å²) >= 11 is 0. The van der Waals surface area contributed by atoms with Crippen molar-refractivity contribution in [2.75, 3.05) is 0 Å². The van der Waals surface area contributed by atoms with E-state index in [1.165, 1.54) is 12.1 Å². The Labute approximate surface area is 120 Å². The first-order valence-electron chi connectivity index (χ1n) is 6.42. The molecule has 0 aliphatic rings. The third-order valence-corrected chi connectivity index (χ3v) is 2.92. The highest BCUT2D eigenvalue weighted by Crippen LogP contribution is 2.21. The molecule has 3 nitrogen and oxygen atoms in total. The van der Waals surface area contributed by atoms with Crippen molar-refractivity contribution >= 4 is 0 Å². The monoisotopic (exact) mass is 296 g/mol. The summed E-state index contributed by atoms with van der Waals surface area (Å²) in [5.74, 6) is 0.116. The van der Waals surface area contributed by atoms with E-state index >= 15 is 0 Å². The molecule has 0 saturated carbocycles. The number of halogens is 3. The fourth-order valence-corrected chi connectivity index (χ4v) is 1.90. The van der Waals surface area contributed by atoms with Gasteiger partial charge in [0.1, 0.15) is 5.75 Å². The standard InChI is InChI=1S/C15H15F3N2O/c16-15(17,18)8-11-3-5-12(6-4-11)9-19-10-13-14(21)2-1-7-20-13/h1-7,19,21H,8-10H2. The molecule has 0 saturated heterocycles. The average molecular weight is 296 g/mol. The number of rotatable bonds is 5. The maximum atomic E-state index is 12.2. The van der Waals surface area contributed by atoms with Crippen LogP contribution in [0.25, 0.3) is 0 Å². The van der Waals surface area contributed by atoms with Gasteiger partial charge in [-0.25, -0.2) is 0 Å². The van der Waals surface area contributed by atoms with Crippen LogP contribution in [-0.4, -0.2) is 16.3 Å². The van der Waals surface area contributed by atoms with Crippen LogP contribution in [-0.2, 0) is 19.5 Å². The van der Waals surface area contributed by atoms with Gasteiger partial charge in [0.15, 0.2) is 0 Å². The fourth-order valence-electron chi connectivity index (χ4n) is 1.90. The molecular weight excluding hydrogens is 281 g/mol. The van der Waals surface area contributed by atoms with Crippen molar-refractivity contribution in [1.29, 1.82) is 0 Å². The first kappa shape index (κ1) is 15.3. The summed E-state index contributed by atoms with van der Waals surface area (Å²) in [6.45, 7) is 0.874. The highest BCUT2D eigenvalue weighted by Gasteiger charge is 2.27. The van der Waals surface area contributed by atoms with E-state index < -0.39 is 12.6 Å². The van der Waals surface area contributed by atoms with Crippen molar-refractivity contribution in [3.63, 3.8) is 0 Å². The van der Waals surface area contributed by atoms with E-state index in [0.717, 1.165) is 5.56 Å². The predicted molar refractivity (Wildman–Crippen MR) is 72.6 cm³/mol. The second-order valence-electron chi connectivity index (χ2n) is 4.68. The topological polar surface area (TPSA) is 45.2 Å². The van der Waals surface area contributed by atoms with Crippen molar-refractivity contribution in [3.8, 4) is 5.75 Å². The minimum Gasteiger partial charge on any atom is -0.506 e. The summed E-state index contributed by atoms with van der Waals surface area (Å²) in [7, 11) is 0. The van der Waals surface area contributed by atoms with E-state index in [2.05, 4.69) is 10.3 Å². The summed E-state index contributed by atoms with van der Waals surface area (Å²) in [6.07, 6.45) is -3.51. The molecule has 0 aliphatic carbocycles. The lowest BCUT2D eigenvalue weighted by Gasteiger charge is -2.08. The zero-order valence-electron chi connectivity index (χ0n) is 11.2. The second kappa shape index (κ2) is 6.58. The number of benzene rings is 1. The Hall–Kier alpha value is -2.08. The van der Waals surface area contributed by atoms with Crippen LogP contribution in [0.1, 0.15) is 16.8 Å². The lowest BCUT2D eigenvalue weighted by atomic mass is 10.1. The first-order valence-corrected chi connectivity index (χ1v) is 6.42. The summed E-state index contributed by atoms with van der Waals surface area (Å²) in [6, 6.07) is 9.46. The van der Waals surface area contributed by atoms with Crippen molar-refractivity contribution < 1.29 is 18.3 Å². The van der Waals surface area contributed by atoms with Crippen LogP contribution >= 0.6 is 0 Å². The summed E-state index contributed by atoms with van der Waals surface area (Å²) in [5, 5.41) is 12.6. The minimum absolute atomic E-state index is 0.116. The molecule has 2 N–H and O–H groups in total. The number of aromatic nitrogens is 1. The Balaban J connectivity index is 1.85. The molecule has 0 fully saturated rings. The second-order valence-corrected chi connectivity index (χ2v) is 4.68. The van der Waals surface area contributed by atoms with Gasteiger partial charge in [-0.2, -0.15) is 13.2 Å². The summed E-state index contributed by atoms with van der Waals surface area (Å²) in [4.78, 5) is 4.03. The van der Waals surface area contributed by atoms with Crippen LogP contribution in [0.15, 0.2) is 42.6 Å². The number of nitrogens with one attached hydrogen (secondary N) is 1. The molecule has 21 heavy (non-hydrogen) atoms. The Kier molecular flexibility index (Phi) is 4.80. The van der Waals surface area contributed by atoms with Gasteiger partial charge in [0.2, 0.25) is 0 Å². The van der Waals surface area contributed by atoms with Crippen LogP contribution in [0.4, 0.5) is 13.2 Å². The normalized spacial score (nSPS) is 11.6. The Morgan fingerprint density at radius 1 is 1.00 bits per heavy atom. The Bertz CT molecular complexity index is 582. The Morgan fingerprint density at radius 2 is 1.67 bits per heavy atom. The molecular formula is C15H15F3N2O. The molecule has 6 heteroatoms. The minimum atomic E-state index is -4.18. The predicted octanol–water partition coefficient (Wildman–Crippen LogP) is 3.18. The summed E-state index contributed by atoms with van der Waals surface area (Å²) < 4.78 is 36.7.